The average molecular weight is 614 g/mol. The molecule has 0 spiro atoms. The molecule has 228 valence electrons. The zero-order chi connectivity index (χ0) is 30.2. The van der Waals surface area contributed by atoms with Gasteiger partial charge in [-0.2, -0.15) is 5.26 Å². The fourth-order valence-electron chi connectivity index (χ4n) is 6.28. The van der Waals surface area contributed by atoms with Crippen LogP contribution in [0.25, 0.3) is 22.0 Å². The van der Waals surface area contributed by atoms with Crippen molar-refractivity contribution in [3.05, 3.63) is 69.7 Å². The molecule has 4 heterocycles. The smallest absolute Gasteiger partial charge is 0.258 e. The van der Waals surface area contributed by atoms with Crippen LogP contribution in [0.5, 0.6) is 0 Å². The molecule has 2 aromatic heterocycles. The highest BCUT2D eigenvalue weighted by atomic mass is 32.1. The summed E-state index contributed by atoms with van der Waals surface area (Å²) in [4.78, 5) is 28.4. The number of pyridine rings is 1. The maximum Gasteiger partial charge on any atom is 0.258 e. The third-order valence-corrected chi connectivity index (χ3v) is 10.1. The van der Waals surface area contributed by atoms with Crippen LogP contribution in [0.1, 0.15) is 17.7 Å². The molecule has 2 saturated heterocycles. The van der Waals surface area contributed by atoms with Gasteiger partial charge in [0.15, 0.2) is 5.13 Å². The predicted octanol–water partition coefficient (Wildman–Crippen LogP) is 4.52. The van der Waals surface area contributed by atoms with E-state index in [1.54, 1.807) is 16.7 Å². The van der Waals surface area contributed by atoms with Crippen LogP contribution in [0.4, 0.5) is 20.9 Å². The van der Waals surface area contributed by atoms with Crippen LogP contribution in [-0.2, 0) is 11.3 Å². The van der Waals surface area contributed by atoms with Crippen LogP contribution in [0.3, 0.4) is 0 Å². The minimum absolute atomic E-state index is 0.0145. The summed E-state index contributed by atoms with van der Waals surface area (Å²) in [6.45, 7) is 8.48. The molecule has 0 amide bonds. The third-order valence-electron chi connectivity index (χ3n) is 9.04. The largest absolute Gasteiger partial charge is 0.379 e. The minimum atomic E-state index is -0.338. The number of fused-ring (bicyclic) bond motifs is 1. The lowest BCUT2D eigenvalue weighted by molar-refractivity contribution is 0.0363. The second kappa shape index (κ2) is 12.3. The van der Waals surface area contributed by atoms with Crippen molar-refractivity contribution in [3.8, 4) is 17.3 Å². The summed E-state index contributed by atoms with van der Waals surface area (Å²) < 4.78 is 20.9. The van der Waals surface area contributed by atoms with Gasteiger partial charge in [-0.05, 0) is 55.3 Å². The van der Waals surface area contributed by atoms with E-state index in [1.165, 1.54) is 36.3 Å². The Hall–Kier alpha value is -3.82. The monoisotopic (exact) mass is 613 g/mol. The number of ether oxygens (including phenoxy) is 1. The Morgan fingerprint density at radius 1 is 1.02 bits per heavy atom. The number of hydrogen-bond donors (Lipinski definition) is 0. The molecule has 0 atom stereocenters. The number of rotatable bonds is 8. The number of morpholine rings is 1. The lowest BCUT2D eigenvalue weighted by Crippen LogP contribution is -2.47. The first-order valence-electron chi connectivity index (χ1n) is 15.4. The van der Waals surface area contributed by atoms with Crippen molar-refractivity contribution in [1.82, 2.24) is 19.4 Å². The highest BCUT2D eigenvalue weighted by Crippen LogP contribution is 2.38. The maximum atomic E-state index is 13.8. The van der Waals surface area contributed by atoms with E-state index in [2.05, 4.69) is 32.9 Å². The predicted molar refractivity (Wildman–Crippen MR) is 173 cm³/mol. The van der Waals surface area contributed by atoms with Crippen LogP contribution in [0.2, 0.25) is 0 Å². The van der Waals surface area contributed by atoms with Crippen LogP contribution in [0.15, 0.2) is 53.5 Å². The summed E-state index contributed by atoms with van der Waals surface area (Å²) in [5.41, 5.74) is 3.16. The van der Waals surface area contributed by atoms with Crippen molar-refractivity contribution in [2.24, 2.45) is 0 Å². The number of nitrogens with zero attached hydrogens (tertiary/aromatic N) is 7. The summed E-state index contributed by atoms with van der Waals surface area (Å²) in [5, 5.41) is 12.1. The molecule has 3 aliphatic rings. The highest BCUT2D eigenvalue weighted by Gasteiger charge is 2.31. The molecule has 1 saturated carbocycles. The van der Waals surface area contributed by atoms with Crippen molar-refractivity contribution in [2.45, 2.75) is 25.4 Å². The van der Waals surface area contributed by atoms with Gasteiger partial charge in [0.25, 0.3) is 5.56 Å². The van der Waals surface area contributed by atoms with Gasteiger partial charge in [0, 0.05) is 93.7 Å². The van der Waals surface area contributed by atoms with Crippen LogP contribution in [0, 0.1) is 17.1 Å². The Morgan fingerprint density at radius 3 is 2.48 bits per heavy atom. The molecule has 3 fully saturated rings. The zero-order valence-corrected chi connectivity index (χ0v) is 25.7. The maximum absolute atomic E-state index is 13.8. The summed E-state index contributed by atoms with van der Waals surface area (Å²) in [6.07, 6.45) is 4.57. The van der Waals surface area contributed by atoms with Crippen molar-refractivity contribution in [1.29, 1.82) is 5.26 Å². The Bertz CT molecular complexity index is 1750. The summed E-state index contributed by atoms with van der Waals surface area (Å²) in [5.74, 6) is -0.338. The number of hydrogen-bond acceptors (Lipinski definition) is 9. The SMILES string of the molecule is CN(c1nc(-c2ccc(F)cc2)c(C#N)s1)c1cn(CCN2CCOCC2)c(=O)c2ccc(N3CCN(C4CC4)CC3)cc12. The Labute approximate surface area is 260 Å². The van der Waals surface area contributed by atoms with Gasteiger partial charge in [0.05, 0.1) is 18.9 Å². The van der Waals surface area contributed by atoms with Crippen molar-refractivity contribution >= 4 is 38.6 Å². The fourth-order valence-corrected chi connectivity index (χ4v) is 7.15. The summed E-state index contributed by atoms with van der Waals surface area (Å²) >= 11 is 1.29. The molecule has 0 bridgehead atoms. The molecule has 2 aromatic carbocycles. The van der Waals surface area contributed by atoms with Gasteiger partial charge in [-0.25, -0.2) is 9.37 Å². The molecule has 1 aliphatic carbocycles. The van der Waals surface area contributed by atoms with Gasteiger partial charge >= 0.3 is 0 Å². The first-order valence-corrected chi connectivity index (χ1v) is 16.2. The molecule has 0 N–H and O–H groups in total. The number of piperazine rings is 1. The number of halogens is 1. The summed E-state index contributed by atoms with van der Waals surface area (Å²) in [6, 6.07) is 15.3. The van der Waals surface area contributed by atoms with Gasteiger partial charge in [0.1, 0.15) is 22.5 Å². The molecular weight excluding hydrogens is 577 g/mol. The van der Waals surface area contributed by atoms with Gasteiger partial charge < -0.3 is 19.1 Å². The van der Waals surface area contributed by atoms with E-state index < -0.39 is 0 Å². The number of anilines is 3. The molecule has 44 heavy (non-hydrogen) atoms. The van der Waals surface area contributed by atoms with Crippen molar-refractivity contribution in [2.75, 3.05) is 75.9 Å². The second-order valence-corrected chi connectivity index (χ2v) is 12.8. The number of benzene rings is 2. The Balaban J connectivity index is 1.26. The molecule has 9 nitrogen and oxygen atoms in total. The number of aromatic nitrogens is 2. The van der Waals surface area contributed by atoms with E-state index in [9.17, 15) is 14.4 Å². The van der Waals surface area contributed by atoms with E-state index in [0.717, 1.165) is 68.6 Å². The van der Waals surface area contributed by atoms with Gasteiger partial charge in [-0.3, -0.25) is 14.6 Å². The van der Waals surface area contributed by atoms with Crippen LogP contribution < -0.4 is 15.4 Å². The topological polar surface area (TPSA) is 80.9 Å². The third kappa shape index (κ3) is 5.83. The minimum Gasteiger partial charge on any atom is -0.379 e. The summed E-state index contributed by atoms with van der Waals surface area (Å²) in [7, 11) is 1.93. The lowest BCUT2D eigenvalue weighted by atomic mass is 10.1. The van der Waals surface area contributed by atoms with Gasteiger partial charge in [-0.15, -0.1) is 0 Å². The van der Waals surface area contributed by atoms with E-state index in [-0.39, 0.29) is 11.4 Å². The normalized spacial score (nSPS) is 18.1. The standard InChI is InChI=1S/C33H36FN7O2S/c1-37(33-36-31(30(21-35)44-33)23-2-4-24(34)5-3-23)29-22-41(11-10-38-16-18-43-19-17-38)32(42)27-9-8-26(20-28(27)29)40-14-12-39(13-15-40)25-6-7-25/h2-5,8-9,20,22,25H,6-7,10-19H2,1H3. The van der Waals surface area contributed by atoms with Crippen molar-refractivity contribution in [3.63, 3.8) is 0 Å². The molecule has 0 unspecified atom stereocenters. The van der Waals surface area contributed by atoms with Crippen molar-refractivity contribution < 1.29 is 9.13 Å². The van der Waals surface area contributed by atoms with Crippen LogP contribution in [-0.4, -0.2) is 91.5 Å². The lowest BCUT2D eigenvalue weighted by Gasteiger charge is -2.36. The molecular formula is C33H36FN7O2S. The molecule has 0 radical (unpaired) electrons. The quantitative estimate of drug-likeness (QED) is 0.287. The zero-order valence-electron chi connectivity index (χ0n) is 24.9. The van der Waals surface area contributed by atoms with Gasteiger partial charge in [-0.1, -0.05) is 11.3 Å². The number of nitriles is 1. The molecule has 4 aromatic rings. The van der Waals surface area contributed by atoms with E-state index in [4.69, 9.17) is 9.72 Å². The Morgan fingerprint density at radius 2 is 1.77 bits per heavy atom. The van der Waals surface area contributed by atoms with Crippen LogP contribution >= 0.6 is 11.3 Å². The van der Waals surface area contributed by atoms with E-state index >= 15 is 0 Å². The number of thiazole rings is 1. The first-order chi connectivity index (χ1) is 21.5. The fraction of sp³-hybridized carbons (Fsp3) is 0.424. The van der Waals surface area contributed by atoms with E-state index in [0.29, 0.717) is 46.4 Å². The molecule has 11 heteroatoms. The average Bonchev–Trinajstić information content (AvgIpc) is 3.83. The first kappa shape index (κ1) is 28.9. The molecule has 2 aliphatic heterocycles. The van der Waals surface area contributed by atoms with E-state index in [1.807, 2.05) is 24.2 Å². The Kier molecular flexibility index (Phi) is 8.08. The second-order valence-electron chi connectivity index (χ2n) is 11.8. The highest BCUT2D eigenvalue weighted by molar-refractivity contribution is 7.16. The van der Waals surface area contributed by atoms with Gasteiger partial charge in [0.2, 0.25) is 0 Å². The molecule has 7 rings (SSSR count).